The fraction of sp³-hybridized carbons (Fsp3) is 0.222. The minimum Gasteiger partial charge on any atom is -0.489 e. The Labute approximate surface area is 182 Å². The van der Waals surface area contributed by atoms with E-state index in [0.29, 0.717) is 29.1 Å². The molecule has 1 aromatic heterocycles. The number of hydrogen-bond donors (Lipinski definition) is 0. The lowest BCUT2D eigenvalue weighted by Gasteiger charge is -2.19. The van der Waals surface area contributed by atoms with E-state index in [2.05, 4.69) is 45.0 Å². The molecule has 4 heteroatoms. The maximum atomic E-state index is 12.8. The lowest BCUT2D eigenvalue weighted by molar-refractivity contribution is 0.306. The molecule has 4 rings (SSSR count). The molecule has 0 atom stereocenters. The van der Waals surface area contributed by atoms with Crippen LogP contribution in [0.3, 0.4) is 0 Å². The van der Waals surface area contributed by atoms with Gasteiger partial charge in [-0.1, -0.05) is 57.2 Å². The smallest absolute Gasteiger partial charge is 0.235 e. The van der Waals surface area contributed by atoms with Gasteiger partial charge in [0, 0.05) is 6.07 Å². The van der Waals surface area contributed by atoms with Gasteiger partial charge < -0.3 is 13.9 Å². The molecule has 0 amide bonds. The minimum atomic E-state index is -0.216. The molecule has 4 nitrogen and oxygen atoms in total. The van der Waals surface area contributed by atoms with Gasteiger partial charge in [0.25, 0.3) is 0 Å². The molecule has 0 fully saturated rings. The van der Waals surface area contributed by atoms with Crippen LogP contribution in [0.4, 0.5) is 0 Å². The van der Waals surface area contributed by atoms with Crippen LogP contribution in [0.5, 0.6) is 17.2 Å². The van der Waals surface area contributed by atoms with E-state index in [1.807, 2.05) is 31.2 Å². The van der Waals surface area contributed by atoms with E-state index in [0.717, 1.165) is 11.1 Å². The molecule has 3 aromatic carbocycles. The second-order valence-corrected chi connectivity index (χ2v) is 8.74. The van der Waals surface area contributed by atoms with Gasteiger partial charge in [-0.25, -0.2) is 0 Å². The Kier molecular flexibility index (Phi) is 5.55. The second kappa shape index (κ2) is 8.31. The second-order valence-electron chi connectivity index (χ2n) is 8.74. The van der Waals surface area contributed by atoms with E-state index in [1.54, 1.807) is 18.2 Å². The van der Waals surface area contributed by atoms with Crippen LogP contribution in [-0.4, -0.2) is 0 Å². The summed E-state index contributed by atoms with van der Waals surface area (Å²) in [5.74, 6) is 1.40. The molecule has 0 aliphatic rings. The van der Waals surface area contributed by atoms with E-state index in [9.17, 15) is 4.79 Å². The van der Waals surface area contributed by atoms with E-state index in [4.69, 9.17) is 13.9 Å². The molecule has 158 valence electrons. The molecule has 0 aliphatic carbocycles. The zero-order valence-corrected chi connectivity index (χ0v) is 18.3. The molecule has 0 aliphatic heterocycles. The lowest BCUT2D eigenvalue weighted by atomic mass is 9.87. The Balaban J connectivity index is 1.50. The Morgan fingerprint density at radius 1 is 0.903 bits per heavy atom. The van der Waals surface area contributed by atoms with Gasteiger partial charge in [-0.05, 0) is 53.3 Å². The summed E-state index contributed by atoms with van der Waals surface area (Å²) in [5, 5.41) is 0.451. The van der Waals surface area contributed by atoms with Gasteiger partial charge in [-0.15, -0.1) is 0 Å². The normalized spacial score (nSPS) is 11.5. The fourth-order valence-electron chi connectivity index (χ4n) is 3.32. The Bertz CT molecular complexity index is 1260. The van der Waals surface area contributed by atoms with E-state index in [1.165, 1.54) is 11.8 Å². The molecule has 0 N–H and O–H groups in total. The number of fused-ring (bicyclic) bond motifs is 1. The summed E-state index contributed by atoms with van der Waals surface area (Å²) in [5.41, 5.74) is 3.78. The van der Waals surface area contributed by atoms with Crippen molar-refractivity contribution in [3.8, 4) is 17.2 Å². The van der Waals surface area contributed by atoms with E-state index >= 15 is 0 Å². The van der Waals surface area contributed by atoms with E-state index < -0.39 is 0 Å². The van der Waals surface area contributed by atoms with Crippen molar-refractivity contribution in [1.29, 1.82) is 0 Å². The molecule has 0 spiro atoms. The van der Waals surface area contributed by atoms with Crippen molar-refractivity contribution < 1.29 is 13.9 Å². The largest absolute Gasteiger partial charge is 0.489 e. The third-order valence-corrected chi connectivity index (χ3v) is 5.16. The highest BCUT2D eigenvalue weighted by molar-refractivity contribution is 5.79. The van der Waals surface area contributed by atoms with Gasteiger partial charge in [0.2, 0.25) is 11.2 Å². The number of hydrogen-bond acceptors (Lipinski definition) is 4. The Hall–Kier alpha value is -3.53. The highest BCUT2D eigenvalue weighted by Crippen LogP contribution is 2.26. The summed E-state index contributed by atoms with van der Waals surface area (Å²) in [6.07, 6.45) is 1.35. The quantitative estimate of drug-likeness (QED) is 0.361. The van der Waals surface area contributed by atoms with Crippen molar-refractivity contribution in [2.24, 2.45) is 0 Å². The lowest BCUT2D eigenvalue weighted by Crippen LogP contribution is -2.10. The first-order chi connectivity index (χ1) is 14.8. The van der Waals surface area contributed by atoms with Crippen LogP contribution >= 0.6 is 0 Å². The molecule has 0 unspecified atom stereocenters. The zero-order chi connectivity index (χ0) is 22.0. The fourth-order valence-corrected chi connectivity index (χ4v) is 3.32. The summed E-state index contributed by atoms with van der Waals surface area (Å²) >= 11 is 0. The molecule has 0 radical (unpaired) electrons. The number of rotatable bonds is 5. The molecule has 0 saturated heterocycles. The van der Waals surface area contributed by atoms with Gasteiger partial charge in [0.15, 0.2) is 0 Å². The van der Waals surface area contributed by atoms with Gasteiger partial charge in [0.1, 0.15) is 30.0 Å². The van der Waals surface area contributed by atoms with Crippen LogP contribution < -0.4 is 14.9 Å². The number of benzene rings is 3. The molecule has 0 saturated carbocycles. The summed E-state index contributed by atoms with van der Waals surface area (Å²) in [7, 11) is 0. The molecule has 1 heterocycles. The number of aryl methyl sites for hydroxylation is 1. The summed E-state index contributed by atoms with van der Waals surface area (Å²) < 4.78 is 17.3. The van der Waals surface area contributed by atoms with Crippen LogP contribution in [0.2, 0.25) is 0 Å². The average Bonchev–Trinajstić information content (AvgIpc) is 2.74. The van der Waals surface area contributed by atoms with Gasteiger partial charge in [0.05, 0.1) is 5.39 Å². The standard InChI is InChI=1S/C27H26O4/c1-18-6-5-7-22(14-18)31-25-17-30-24-15-21(12-13-23(24)26(25)28)29-16-19-8-10-20(11-9-19)27(2,3)4/h5-15,17H,16H2,1-4H3. The van der Waals surface area contributed by atoms with Gasteiger partial charge in [-0.2, -0.15) is 0 Å². The topological polar surface area (TPSA) is 48.7 Å². The molecule has 0 bridgehead atoms. The van der Waals surface area contributed by atoms with E-state index in [-0.39, 0.29) is 16.6 Å². The van der Waals surface area contributed by atoms with Gasteiger partial charge in [-0.3, -0.25) is 4.79 Å². The highest BCUT2D eigenvalue weighted by atomic mass is 16.5. The van der Waals surface area contributed by atoms with Crippen LogP contribution in [0.25, 0.3) is 11.0 Å². The summed E-state index contributed by atoms with van der Waals surface area (Å²) in [6, 6.07) is 21.2. The highest BCUT2D eigenvalue weighted by Gasteiger charge is 2.13. The minimum absolute atomic E-state index is 0.122. The average molecular weight is 415 g/mol. The van der Waals surface area contributed by atoms with Crippen molar-refractivity contribution in [3.05, 3.63) is 99.9 Å². The molecule has 4 aromatic rings. The van der Waals surface area contributed by atoms with Crippen LogP contribution in [0, 0.1) is 6.92 Å². The molecular weight excluding hydrogens is 388 g/mol. The van der Waals surface area contributed by atoms with Crippen molar-refractivity contribution in [3.63, 3.8) is 0 Å². The van der Waals surface area contributed by atoms with Crippen LogP contribution in [0.1, 0.15) is 37.5 Å². The maximum Gasteiger partial charge on any atom is 0.235 e. The first-order valence-corrected chi connectivity index (χ1v) is 10.3. The van der Waals surface area contributed by atoms with Crippen molar-refractivity contribution in [2.45, 2.75) is 39.7 Å². The Morgan fingerprint density at radius 2 is 1.68 bits per heavy atom. The van der Waals surface area contributed by atoms with Crippen molar-refractivity contribution in [1.82, 2.24) is 0 Å². The first kappa shape index (κ1) is 20.7. The first-order valence-electron chi connectivity index (χ1n) is 10.3. The zero-order valence-electron chi connectivity index (χ0n) is 18.3. The monoisotopic (exact) mass is 414 g/mol. The van der Waals surface area contributed by atoms with Gasteiger partial charge >= 0.3 is 0 Å². The molecule has 31 heavy (non-hydrogen) atoms. The summed E-state index contributed by atoms with van der Waals surface area (Å²) in [4.78, 5) is 12.8. The maximum absolute atomic E-state index is 12.8. The van der Waals surface area contributed by atoms with Crippen LogP contribution in [-0.2, 0) is 12.0 Å². The predicted molar refractivity (Wildman–Crippen MR) is 123 cm³/mol. The van der Waals surface area contributed by atoms with Crippen molar-refractivity contribution >= 4 is 11.0 Å². The number of ether oxygens (including phenoxy) is 2. The Morgan fingerprint density at radius 3 is 2.39 bits per heavy atom. The SMILES string of the molecule is Cc1cccc(Oc2coc3cc(OCc4ccc(C(C)(C)C)cc4)ccc3c2=O)c1. The third-order valence-electron chi connectivity index (χ3n) is 5.16. The summed E-state index contributed by atoms with van der Waals surface area (Å²) in [6.45, 7) is 8.99. The van der Waals surface area contributed by atoms with Crippen LogP contribution in [0.15, 0.2) is 82.2 Å². The predicted octanol–water partition coefficient (Wildman–Crippen LogP) is 6.77. The molecular formula is C27H26O4. The third kappa shape index (κ3) is 4.80. The van der Waals surface area contributed by atoms with Crippen molar-refractivity contribution in [2.75, 3.05) is 0 Å².